The van der Waals surface area contributed by atoms with Crippen LogP contribution in [0, 0.1) is 5.92 Å². The number of hydrogen-bond acceptors (Lipinski definition) is 3. The number of amides is 1. The van der Waals surface area contributed by atoms with Crippen LogP contribution < -0.4 is 10.4 Å². The van der Waals surface area contributed by atoms with Gasteiger partial charge in [-0.25, -0.2) is 5.01 Å². The summed E-state index contributed by atoms with van der Waals surface area (Å²) in [5.41, 5.74) is 4.35. The first kappa shape index (κ1) is 21.5. The molecule has 25 heavy (non-hydrogen) atoms. The second-order valence-corrected chi connectivity index (χ2v) is 5.52. The Morgan fingerprint density at radius 3 is 2.12 bits per heavy atom. The number of carboxylic acids is 1. The van der Waals surface area contributed by atoms with Crippen LogP contribution >= 0.6 is 0 Å². The Morgan fingerprint density at radius 1 is 1.04 bits per heavy atom. The maximum atomic E-state index is 12.9. The predicted molar refractivity (Wildman–Crippen MR) is 103 cm³/mol. The fourth-order valence-corrected chi connectivity index (χ4v) is 2.38. The first-order chi connectivity index (χ1) is 11.6. The molecule has 0 radical (unpaired) electrons. The summed E-state index contributed by atoms with van der Waals surface area (Å²) >= 11 is 0. The Kier molecular flexibility index (Phi) is 9.57. The number of benzene rings is 2. The monoisotopic (exact) mass is 368 g/mol. The van der Waals surface area contributed by atoms with Crippen LogP contribution in [0.2, 0.25) is 0 Å². The summed E-state index contributed by atoms with van der Waals surface area (Å²) in [7, 11) is 0. The fourth-order valence-electron chi connectivity index (χ4n) is 2.38. The number of carboxylic acid groups (broad SMARTS) is 1. The molecule has 1 amide bonds. The summed E-state index contributed by atoms with van der Waals surface area (Å²) < 4.78 is 0. The Hall–Kier alpha value is -1.56. The molecule has 130 valence electrons. The van der Waals surface area contributed by atoms with Crippen LogP contribution in [0.1, 0.15) is 26.2 Å². The molecule has 0 fully saturated rings. The second-order valence-electron chi connectivity index (χ2n) is 5.52. The summed E-state index contributed by atoms with van der Waals surface area (Å²) in [4.78, 5) is 24.4. The number of hydrazine groups is 1. The SMILES string of the molecule is CCCCC(C(=O)O)C(=O)N(Nc1ccccc1)c1ccccc1.[CaH2]. The van der Waals surface area contributed by atoms with Crippen molar-refractivity contribution in [3.63, 3.8) is 0 Å². The number of nitrogens with one attached hydrogen (secondary N) is 1. The predicted octanol–water partition coefficient (Wildman–Crippen LogP) is 3.02. The van der Waals surface area contributed by atoms with Gasteiger partial charge < -0.3 is 5.11 Å². The van der Waals surface area contributed by atoms with Gasteiger partial charge in [0, 0.05) is 0 Å². The summed E-state index contributed by atoms with van der Waals surface area (Å²) in [6, 6.07) is 18.2. The van der Waals surface area contributed by atoms with Crippen molar-refractivity contribution in [2.24, 2.45) is 5.92 Å². The van der Waals surface area contributed by atoms with Gasteiger partial charge in [-0.05, 0) is 30.7 Å². The number of rotatable bonds is 8. The van der Waals surface area contributed by atoms with E-state index >= 15 is 0 Å². The topological polar surface area (TPSA) is 69.6 Å². The molecule has 0 heterocycles. The molecule has 2 aromatic rings. The molecule has 2 aromatic carbocycles. The van der Waals surface area contributed by atoms with Crippen LogP contribution in [0.25, 0.3) is 0 Å². The molecule has 0 aromatic heterocycles. The van der Waals surface area contributed by atoms with Crippen molar-refractivity contribution in [2.75, 3.05) is 10.4 Å². The first-order valence-electron chi connectivity index (χ1n) is 8.07. The maximum absolute atomic E-state index is 12.9. The molecule has 0 aliphatic rings. The molecule has 0 saturated carbocycles. The average molecular weight is 368 g/mol. The minimum absolute atomic E-state index is 0. The Balaban J connectivity index is 0.00000312. The summed E-state index contributed by atoms with van der Waals surface area (Å²) in [5.74, 6) is -2.63. The molecule has 0 aliphatic carbocycles. The summed E-state index contributed by atoms with van der Waals surface area (Å²) in [5, 5.41) is 10.8. The van der Waals surface area contributed by atoms with Crippen molar-refractivity contribution in [3.05, 3.63) is 60.7 Å². The number of anilines is 2. The van der Waals surface area contributed by atoms with E-state index < -0.39 is 17.8 Å². The second kappa shape index (κ2) is 11.1. The number of para-hydroxylation sites is 2. The van der Waals surface area contributed by atoms with Crippen LogP contribution in [0.5, 0.6) is 0 Å². The number of aliphatic carboxylic acids is 1. The zero-order valence-corrected chi connectivity index (χ0v) is 13.7. The van der Waals surface area contributed by atoms with E-state index in [0.29, 0.717) is 24.2 Å². The van der Waals surface area contributed by atoms with Gasteiger partial charge in [-0.2, -0.15) is 0 Å². The number of hydrogen-bond donors (Lipinski definition) is 2. The third-order valence-corrected chi connectivity index (χ3v) is 3.69. The van der Waals surface area contributed by atoms with E-state index in [1.165, 1.54) is 5.01 Å². The van der Waals surface area contributed by atoms with E-state index in [1.807, 2.05) is 55.5 Å². The molecule has 0 saturated heterocycles. The third-order valence-electron chi connectivity index (χ3n) is 3.69. The van der Waals surface area contributed by atoms with E-state index in [-0.39, 0.29) is 37.7 Å². The van der Waals surface area contributed by atoms with Crippen molar-refractivity contribution < 1.29 is 14.7 Å². The van der Waals surface area contributed by atoms with Gasteiger partial charge in [-0.1, -0.05) is 56.2 Å². The molecule has 1 atom stereocenters. The van der Waals surface area contributed by atoms with Gasteiger partial charge in [0.15, 0.2) is 0 Å². The van der Waals surface area contributed by atoms with Crippen molar-refractivity contribution in [1.82, 2.24) is 0 Å². The fraction of sp³-hybridized carbons (Fsp3) is 0.263. The van der Waals surface area contributed by atoms with Crippen LogP contribution in [-0.2, 0) is 9.59 Å². The molecule has 2 N–H and O–H groups in total. The van der Waals surface area contributed by atoms with Gasteiger partial charge >= 0.3 is 43.7 Å². The zero-order valence-electron chi connectivity index (χ0n) is 13.7. The molecular weight excluding hydrogens is 344 g/mol. The van der Waals surface area contributed by atoms with E-state index in [4.69, 9.17) is 0 Å². The molecule has 6 heteroatoms. The zero-order chi connectivity index (χ0) is 17.4. The Bertz CT molecular complexity index is 665. The first-order valence-corrected chi connectivity index (χ1v) is 8.07. The van der Waals surface area contributed by atoms with Crippen LogP contribution in [-0.4, -0.2) is 54.7 Å². The van der Waals surface area contributed by atoms with Gasteiger partial charge in [0.25, 0.3) is 5.91 Å². The number of carbonyl (C=O) groups excluding carboxylic acids is 1. The van der Waals surface area contributed by atoms with Gasteiger partial charge in [-0.3, -0.25) is 15.0 Å². The van der Waals surface area contributed by atoms with Crippen LogP contribution in [0.15, 0.2) is 60.7 Å². The Morgan fingerprint density at radius 2 is 1.60 bits per heavy atom. The average Bonchev–Trinajstić information content (AvgIpc) is 2.61. The normalized spacial score (nSPS) is 11.1. The van der Waals surface area contributed by atoms with E-state index in [1.54, 1.807) is 12.1 Å². The van der Waals surface area contributed by atoms with Crippen LogP contribution in [0.4, 0.5) is 11.4 Å². The van der Waals surface area contributed by atoms with Gasteiger partial charge in [0.05, 0.1) is 11.4 Å². The van der Waals surface area contributed by atoms with Crippen molar-refractivity contribution in [3.8, 4) is 0 Å². The van der Waals surface area contributed by atoms with E-state index in [2.05, 4.69) is 5.43 Å². The summed E-state index contributed by atoms with van der Waals surface area (Å²) in [6.45, 7) is 1.97. The number of unbranched alkanes of at least 4 members (excludes halogenated alkanes) is 1. The standard InChI is InChI=1S/C19H22N2O3.Ca.2H/c1-2-3-14-17(19(23)24)18(22)21(16-12-8-5-9-13-16)20-15-10-6-4-7-11-15;;;/h4-13,17,20H,2-3,14H2,1H3,(H,23,24);;;. The number of nitrogens with zero attached hydrogens (tertiary/aromatic N) is 1. The molecule has 0 bridgehead atoms. The molecular formula is C19H24CaN2O3. The van der Waals surface area contributed by atoms with Crippen molar-refractivity contribution >= 4 is 61.0 Å². The van der Waals surface area contributed by atoms with Gasteiger partial charge in [-0.15, -0.1) is 0 Å². The van der Waals surface area contributed by atoms with Gasteiger partial charge in [0.2, 0.25) is 0 Å². The molecule has 2 rings (SSSR count). The van der Waals surface area contributed by atoms with Crippen LogP contribution in [0.3, 0.4) is 0 Å². The molecule has 0 aliphatic heterocycles. The van der Waals surface area contributed by atoms with Crippen molar-refractivity contribution in [1.29, 1.82) is 0 Å². The molecule has 5 nitrogen and oxygen atoms in total. The Labute approximate surface area is 178 Å². The third kappa shape index (κ3) is 6.34. The minimum atomic E-state index is -1.09. The quantitative estimate of drug-likeness (QED) is 0.427. The summed E-state index contributed by atoms with van der Waals surface area (Å²) in [6.07, 6.45) is 1.86. The van der Waals surface area contributed by atoms with E-state index in [9.17, 15) is 14.7 Å². The van der Waals surface area contributed by atoms with Crippen molar-refractivity contribution in [2.45, 2.75) is 26.2 Å². The number of carbonyl (C=O) groups is 2. The van der Waals surface area contributed by atoms with E-state index in [0.717, 1.165) is 6.42 Å². The molecule has 0 spiro atoms. The van der Waals surface area contributed by atoms with Gasteiger partial charge in [0.1, 0.15) is 5.92 Å². The molecule has 1 unspecified atom stereocenters.